The maximum Gasteiger partial charge on any atom is 0.0966 e. The largest absolute Gasteiger partial charge is 0.197 e. The fourth-order valence-corrected chi connectivity index (χ4v) is 1.49. The summed E-state index contributed by atoms with van der Waals surface area (Å²) >= 11 is 9.19. The molecular weight excluding hydrogens is 249 g/mol. The lowest BCUT2D eigenvalue weighted by molar-refractivity contribution is 1.39. The minimum absolute atomic E-state index is 0.229. The summed E-state index contributed by atoms with van der Waals surface area (Å²) in [6.45, 7) is 0. The summed E-state index contributed by atoms with van der Waals surface area (Å²) < 4.78 is 0.920. The normalized spacial score (nSPS) is 8.38. The Labute approximate surface area is 90.5 Å². The second-order valence-electron chi connectivity index (χ2n) is 2.26. The molecule has 0 saturated heterocycles. The molecule has 0 aliphatic carbocycles. The van der Waals surface area contributed by atoms with Gasteiger partial charge >= 0.3 is 0 Å². The molecule has 0 spiro atoms. The van der Waals surface area contributed by atoms with Crippen LogP contribution in [-0.2, 0) is 0 Å². The van der Waals surface area contributed by atoms with E-state index in [1.54, 1.807) is 6.07 Å². The van der Waals surface area contributed by atoms with E-state index in [0.717, 1.165) is 10.0 Å². The first-order chi connectivity index (χ1) is 6.24. The van der Waals surface area contributed by atoms with Crippen LogP contribution in [0.1, 0.15) is 12.0 Å². The van der Waals surface area contributed by atoms with Gasteiger partial charge in [-0.05, 0) is 18.2 Å². The third kappa shape index (κ3) is 3.11. The molecule has 1 aromatic carbocycles. The summed E-state index contributed by atoms with van der Waals surface area (Å²) in [7, 11) is 0. The molecule has 0 saturated carbocycles. The van der Waals surface area contributed by atoms with Crippen LogP contribution in [0.25, 0.3) is 0 Å². The van der Waals surface area contributed by atoms with Crippen molar-refractivity contribution in [3.8, 4) is 17.9 Å². The van der Waals surface area contributed by atoms with Gasteiger partial charge in [-0.25, -0.2) is 0 Å². The molecule has 64 valence electrons. The van der Waals surface area contributed by atoms with Crippen molar-refractivity contribution < 1.29 is 0 Å². The predicted octanol–water partition coefficient (Wildman–Crippen LogP) is 3.37. The predicted molar refractivity (Wildman–Crippen MR) is 56.3 cm³/mol. The molecule has 0 atom stereocenters. The first-order valence-corrected chi connectivity index (χ1v) is 4.72. The van der Waals surface area contributed by atoms with Crippen molar-refractivity contribution in [2.45, 2.75) is 6.42 Å². The SMILES string of the molecule is N#CCC#Cc1ccc(Br)cc1Cl. The summed E-state index contributed by atoms with van der Waals surface area (Å²) in [5.74, 6) is 5.52. The van der Waals surface area contributed by atoms with Crippen LogP contribution in [0.5, 0.6) is 0 Å². The molecule has 13 heavy (non-hydrogen) atoms. The zero-order chi connectivity index (χ0) is 9.68. The Kier molecular flexibility index (Phi) is 3.83. The third-order valence-electron chi connectivity index (χ3n) is 1.32. The molecule has 3 heteroatoms. The van der Waals surface area contributed by atoms with Gasteiger partial charge in [-0.3, -0.25) is 0 Å². The Hall–Kier alpha value is -0.960. The standard InChI is InChI=1S/C10H5BrClN/c11-9-5-4-8(10(12)7-9)3-1-2-6-13/h4-5,7H,2H2. The minimum atomic E-state index is 0.229. The summed E-state index contributed by atoms with van der Waals surface area (Å²) in [5.41, 5.74) is 0.750. The second-order valence-corrected chi connectivity index (χ2v) is 3.58. The van der Waals surface area contributed by atoms with Crippen LogP contribution in [0.2, 0.25) is 5.02 Å². The lowest BCUT2D eigenvalue weighted by atomic mass is 10.2. The maximum atomic E-state index is 8.26. The van der Waals surface area contributed by atoms with Gasteiger partial charge in [0.05, 0.1) is 17.5 Å². The van der Waals surface area contributed by atoms with Crippen molar-refractivity contribution in [2.24, 2.45) is 0 Å². The zero-order valence-corrected chi connectivity index (χ0v) is 8.98. The van der Waals surface area contributed by atoms with Crippen LogP contribution < -0.4 is 0 Å². The number of hydrogen-bond donors (Lipinski definition) is 0. The monoisotopic (exact) mass is 253 g/mol. The van der Waals surface area contributed by atoms with E-state index in [4.69, 9.17) is 16.9 Å². The highest BCUT2D eigenvalue weighted by Gasteiger charge is 1.96. The van der Waals surface area contributed by atoms with Crippen molar-refractivity contribution in [3.63, 3.8) is 0 Å². The molecule has 1 rings (SSSR count). The summed E-state index contributed by atoms with van der Waals surface area (Å²) in [6, 6.07) is 7.40. The van der Waals surface area contributed by atoms with Crippen molar-refractivity contribution >= 4 is 27.5 Å². The van der Waals surface area contributed by atoms with Gasteiger partial charge in [0.1, 0.15) is 0 Å². The van der Waals surface area contributed by atoms with Gasteiger partial charge < -0.3 is 0 Å². The lowest BCUT2D eigenvalue weighted by Gasteiger charge is -1.95. The topological polar surface area (TPSA) is 23.8 Å². The summed E-state index contributed by atoms with van der Waals surface area (Å²) in [6.07, 6.45) is 0.229. The quantitative estimate of drug-likeness (QED) is 0.651. The molecule has 0 fully saturated rings. The van der Waals surface area contributed by atoms with Crippen molar-refractivity contribution in [2.75, 3.05) is 0 Å². The highest BCUT2D eigenvalue weighted by Crippen LogP contribution is 2.20. The molecule has 0 radical (unpaired) electrons. The Morgan fingerprint density at radius 1 is 1.46 bits per heavy atom. The molecular formula is C10H5BrClN. The third-order valence-corrected chi connectivity index (χ3v) is 2.13. The smallest absolute Gasteiger partial charge is 0.0966 e. The second kappa shape index (κ2) is 4.92. The first-order valence-electron chi connectivity index (χ1n) is 3.55. The Morgan fingerprint density at radius 3 is 2.85 bits per heavy atom. The molecule has 0 bridgehead atoms. The van der Waals surface area contributed by atoms with Crippen LogP contribution >= 0.6 is 27.5 Å². The van der Waals surface area contributed by atoms with E-state index in [2.05, 4.69) is 27.8 Å². The van der Waals surface area contributed by atoms with E-state index >= 15 is 0 Å². The van der Waals surface area contributed by atoms with E-state index in [-0.39, 0.29) is 6.42 Å². The van der Waals surface area contributed by atoms with E-state index in [0.29, 0.717) is 5.02 Å². The van der Waals surface area contributed by atoms with E-state index in [1.165, 1.54) is 0 Å². The van der Waals surface area contributed by atoms with Gasteiger partial charge in [0.2, 0.25) is 0 Å². The van der Waals surface area contributed by atoms with Crippen molar-refractivity contribution in [3.05, 3.63) is 33.3 Å². The van der Waals surface area contributed by atoms with Gasteiger partial charge in [0.25, 0.3) is 0 Å². The van der Waals surface area contributed by atoms with Gasteiger partial charge in [0, 0.05) is 10.0 Å². The number of halogens is 2. The molecule has 1 nitrogen and oxygen atoms in total. The molecule has 1 aromatic rings. The van der Waals surface area contributed by atoms with Gasteiger partial charge in [-0.1, -0.05) is 39.4 Å². The first kappa shape index (κ1) is 10.1. The van der Waals surface area contributed by atoms with E-state index in [9.17, 15) is 0 Å². The van der Waals surface area contributed by atoms with Gasteiger partial charge in [-0.15, -0.1) is 0 Å². The number of nitriles is 1. The zero-order valence-electron chi connectivity index (χ0n) is 6.64. The van der Waals surface area contributed by atoms with Crippen LogP contribution in [0, 0.1) is 23.2 Å². The van der Waals surface area contributed by atoms with Crippen LogP contribution in [-0.4, -0.2) is 0 Å². The Balaban J connectivity index is 2.93. The average molecular weight is 255 g/mol. The maximum absolute atomic E-state index is 8.26. The van der Waals surface area contributed by atoms with Crippen molar-refractivity contribution in [1.29, 1.82) is 5.26 Å². The fourth-order valence-electron chi connectivity index (χ4n) is 0.770. The van der Waals surface area contributed by atoms with Gasteiger partial charge in [0.15, 0.2) is 0 Å². The summed E-state index contributed by atoms with van der Waals surface area (Å²) in [5, 5.41) is 8.86. The number of nitrogens with zero attached hydrogens (tertiary/aromatic N) is 1. The molecule has 0 N–H and O–H groups in total. The molecule has 0 amide bonds. The fraction of sp³-hybridized carbons (Fsp3) is 0.100. The minimum Gasteiger partial charge on any atom is -0.197 e. The van der Waals surface area contributed by atoms with Crippen LogP contribution in [0.3, 0.4) is 0 Å². The Morgan fingerprint density at radius 2 is 2.23 bits per heavy atom. The highest BCUT2D eigenvalue weighted by molar-refractivity contribution is 9.10. The molecule has 0 aliphatic rings. The van der Waals surface area contributed by atoms with Crippen molar-refractivity contribution in [1.82, 2.24) is 0 Å². The van der Waals surface area contributed by atoms with E-state index in [1.807, 2.05) is 18.2 Å². The molecule has 0 unspecified atom stereocenters. The Bertz CT molecular complexity index is 409. The number of benzene rings is 1. The molecule has 0 aliphatic heterocycles. The lowest BCUT2D eigenvalue weighted by Crippen LogP contribution is -1.76. The van der Waals surface area contributed by atoms with Gasteiger partial charge in [-0.2, -0.15) is 5.26 Å². The van der Waals surface area contributed by atoms with Crippen LogP contribution in [0.4, 0.5) is 0 Å². The van der Waals surface area contributed by atoms with E-state index < -0.39 is 0 Å². The van der Waals surface area contributed by atoms with Crippen LogP contribution in [0.15, 0.2) is 22.7 Å². The molecule has 0 aromatic heterocycles. The number of hydrogen-bond acceptors (Lipinski definition) is 1. The number of rotatable bonds is 0. The summed E-state index contributed by atoms with van der Waals surface area (Å²) in [4.78, 5) is 0. The average Bonchev–Trinajstić information content (AvgIpc) is 2.09. The molecule has 0 heterocycles. The highest BCUT2D eigenvalue weighted by atomic mass is 79.9.